The van der Waals surface area contributed by atoms with Gasteiger partial charge in [-0.25, -0.2) is 8.42 Å². The highest BCUT2D eigenvalue weighted by molar-refractivity contribution is 7.91. The second-order valence-electron chi connectivity index (χ2n) is 7.74. The molecule has 0 spiro atoms. The van der Waals surface area contributed by atoms with E-state index in [1.54, 1.807) is 13.1 Å². The summed E-state index contributed by atoms with van der Waals surface area (Å²) in [6.07, 6.45) is 9.42. The molecule has 1 saturated heterocycles. The highest BCUT2D eigenvalue weighted by Gasteiger charge is 2.27. The van der Waals surface area contributed by atoms with Crippen molar-refractivity contribution in [2.75, 3.05) is 39.9 Å². The summed E-state index contributed by atoms with van der Waals surface area (Å²) in [4.78, 5) is 5.25. The van der Waals surface area contributed by atoms with E-state index in [-0.39, 0.29) is 0 Å². The molecule has 1 aliphatic heterocycles. The summed E-state index contributed by atoms with van der Waals surface area (Å²) in [6, 6.07) is 3.58. The van der Waals surface area contributed by atoms with Gasteiger partial charge in [0.05, 0.1) is 19.8 Å². The molecular weight excluding hydrogens is 408 g/mol. The number of ether oxygens (including phenoxy) is 1. The Hall–Kier alpha value is -1.16. The Bertz CT molecular complexity index is 752. The second-order valence-corrected chi connectivity index (χ2v) is 11.1. The number of sulfonamides is 1. The molecule has 29 heavy (non-hydrogen) atoms. The van der Waals surface area contributed by atoms with E-state index in [1.165, 1.54) is 54.2 Å². The van der Waals surface area contributed by atoms with E-state index in [0.29, 0.717) is 37.1 Å². The zero-order valence-corrected chi connectivity index (χ0v) is 19.0. The van der Waals surface area contributed by atoms with Crippen molar-refractivity contribution in [2.45, 2.75) is 55.7 Å². The standard InChI is InChI=1S/C20H34N4O3S2/c1-21-20(22-11-5-8-17-6-3-2-4-7-17)23-16-18-9-10-19(28-18)29(25,26)24-12-14-27-15-13-24/h9-10,17H,2-8,11-16H2,1H3,(H2,21,22,23). The molecule has 2 aliphatic rings. The molecule has 1 saturated carbocycles. The first kappa shape index (κ1) is 22.5. The van der Waals surface area contributed by atoms with Gasteiger partial charge in [-0.15, -0.1) is 11.3 Å². The van der Waals surface area contributed by atoms with Crippen LogP contribution in [0.3, 0.4) is 0 Å². The molecule has 1 aromatic heterocycles. The lowest BCUT2D eigenvalue weighted by atomic mass is 9.86. The van der Waals surface area contributed by atoms with E-state index in [0.717, 1.165) is 29.7 Å². The van der Waals surface area contributed by atoms with Crippen molar-refractivity contribution in [1.29, 1.82) is 0 Å². The molecule has 2 fully saturated rings. The lowest BCUT2D eigenvalue weighted by Gasteiger charge is -2.25. The molecule has 1 aromatic rings. The maximum atomic E-state index is 12.7. The Morgan fingerprint density at radius 1 is 1.21 bits per heavy atom. The first-order valence-electron chi connectivity index (χ1n) is 10.7. The van der Waals surface area contributed by atoms with Gasteiger partial charge in [-0.3, -0.25) is 4.99 Å². The second kappa shape index (κ2) is 11.3. The Labute approximate surface area is 179 Å². The normalized spacial score (nSPS) is 20.0. The van der Waals surface area contributed by atoms with E-state index < -0.39 is 10.0 Å². The third-order valence-electron chi connectivity index (χ3n) is 5.66. The number of hydrogen-bond donors (Lipinski definition) is 2. The summed E-state index contributed by atoms with van der Waals surface area (Å²) in [5.41, 5.74) is 0. The molecule has 2 heterocycles. The minimum Gasteiger partial charge on any atom is -0.379 e. The zero-order chi connectivity index (χ0) is 20.5. The van der Waals surface area contributed by atoms with Crippen molar-refractivity contribution >= 4 is 27.3 Å². The van der Waals surface area contributed by atoms with Gasteiger partial charge in [0.25, 0.3) is 10.0 Å². The van der Waals surface area contributed by atoms with Crippen molar-refractivity contribution in [1.82, 2.24) is 14.9 Å². The summed E-state index contributed by atoms with van der Waals surface area (Å²) >= 11 is 1.32. The van der Waals surface area contributed by atoms with Gasteiger partial charge < -0.3 is 15.4 Å². The average molecular weight is 443 g/mol. The van der Waals surface area contributed by atoms with Crippen molar-refractivity contribution < 1.29 is 13.2 Å². The Morgan fingerprint density at radius 2 is 1.97 bits per heavy atom. The first-order valence-corrected chi connectivity index (χ1v) is 13.0. The van der Waals surface area contributed by atoms with Gasteiger partial charge in [-0.05, 0) is 30.9 Å². The summed E-state index contributed by atoms with van der Waals surface area (Å²) in [5, 5.41) is 6.66. The predicted molar refractivity (Wildman–Crippen MR) is 118 cm³/mol. The summed E-state index contributed by atoms with van der Waals surface area (Å²) in [6.45, 7) is 3.24. The Balaban J connectivity index is 1.41. The highest BCUT2D eigenvalue weighted by Crippen LogP contribution is 2.27. The molecule has 0 bridgehead atoms. The van der Waals surface area contributed by atoms with Crippen molar-refractivity contribution in [2.24, 2.45) is 10.9 Å². The maximum Gasteiger partial charge on any atom is 0.252 e. The summed E-state index contributed by atoms with van der Waals surface area (Å²) in [5.74, 6) is 1.66. The molecular formula is C20H34N4O3S2. The topological polar surface area (TPSA) is 83.0 Å². The summed E-state index contributed by atoms with van der Waals surface area (Å²) in [7, 11) is -1.65. The van der Waals surface area contributed by atoms with Crippen molar-refractivity contribution in [3.63, 3.8) is 0 Å². The monoisotopic (exact) mass is 442 g/mol. The number of aliphatic imine (C=N–C) groups is 1. The molecule has 0 radical (unpaired) electrons. The first-order chi connectivity index (χ1) is 14.1. The molecule has 2 N–H and O–H groups in total. The van der Waals surface area contributed by atoms with E-state index >= 15 is 0 Å². The van der Waals surface area contributed by atoms with Crippen LogP contribution in [0.5, 0.6) is 0 Å². The molecule has 0 atom stereocenters. The average Bonchev–Trinajstić information content (AvgIpc) is 3.24. The minimum atomic E-state index is -3.42. The van der Waals surface area contributed by atoms with Crippen molar-refractivity contribution in [3.8, 4) is 0 Å². The highest BCUT2D eigenvalue weighted by atomic mass is 32.2. The number of morpholine rings is 1. The molecule has 9 heteroatoms. The Kier molecular flexibility index (Phi) is 8.77. The molecule has 164 valence electrons. The van der Waals surface area contributed by atoms with E-state index in [1.807, 2.05) is 6.07 Å². The van der Waals surface area contributed by atoms with Crippen LogP contribution in [0.1, 0.15) is 49.8 Å². The van der Waals surface area contributed by atoms with Gasteiger partial charge in [0.2, 0.25) is 0 Å². The third kappa shape index (κ3) is 6.67. The number of thiophene rings is 1. The number of nitrogens with zero attached hydrogens (tertiary/aromatic N) is 2. The lowest BCUT2D eigenvalue weighted by Crippen LogP contribution is -2.40. The molecule has 0 amide bonds. The van der Waals surface area contributed by atoms with Crippen LogP contribution in [-0.2, 0) is 21.3 Å². The van der Waals surface area contributed by atoms with Crippen LogP contribution < -0.4 is 10.6 Å². The fourth-order valence-corrected chi connectivity index (χ4v) is 6.83. The molecule has 1 aliphatic carbocycles. The smallest absolute Gasteiger partial charge is 0.252 e. The number of rotatable bonds is 8. The van der Waals surface area contributed by atoms with Crippen LogP contribution in [0.15, 0.2) is 21.3 Å². The van der Waals surface area contributed by atoms with Gasteiger partial charge in [0.1, 0.15) is 4.21 Å². The van der Waals surface area contributed by atoms with Gasteiger partial charge in [-0.2, -0.15) is 4.31 Å². The van der Waals surface area contributed by atoms with Crippen LogP contribution in [-0.4, -0.2) is 58.6 Å². The predicted octanol–water partition coefficient (Wildman–Crippen LogP) is 2.79. The number of guanidine groups is 1. The SMILES string of the molecule is CN=C(NCCCC1CCCCC1)NCc1ccc(S(=O)(=O)N2CCOCC2)s1. The molecule has 7 nitrogen and oxygen atoms in total. The molecule has 0 aromatic carbocycles. The van der Waals surface area contributed by atoms with E-state index in [2.05, 4.69) is 15.6 Å². The minimum absolute atomic E-state index is 0.395. The van der Waals surface area contributed by atoms with Crippen LogP contribution in [0, 0.1) is 5.92 Å². The molecule has 0 unspecified atom stereocenters. The van der Waals surface area contributed by atoms with Crippen LogP contribution >= 0.6 is 11.3 Å². The van der Waals surface area contributed by atoms with Gasteiger partial charge in [0.15, 0.2) is 5.96 Å². The van der Waals surface area contributed by atoms with Crippen LogP contribution in [0.4, 0.5) is 0 Å². The number of hydrogen-bond acceptors (Lipinski definition) is 5. The fraction of sp³-hybridized carbons (Fsp3) is 0.750. The molecule has 3 rings (SSSR count). The van der Waals surface area contributed by atoms with Gasteiger partial charge >= 0.3 is 0 Å². The van der Waals surface area contributed by atoms with Gasteiger partial charge in [-0.1, -0.05) is 32.1 Å². The zero-order valence-electron chi connectivity index (χ0n) is 17.4. The van der Waals surface area contributed by atoms with Crippen LogP contribution in [0.25, 0.3) is 0 Å². The fourth-order valence-electron chi connectivity index (χ4n) is 3.97. The maximum absolute atomic E-state index is 12.7. The summed E-state index contributed by atoms with van der Waals surface area (Å²) < 4.78 is 32.6. The van der Waals surface area contributed by atoms with E-state index in [4.69, 9.17) is 4.74 Å². The largest absolute Gasteiger partial charge is 0.379 e. The lowest BCUT2D eigenvalue weighted by molar-refractivity contribution is 0.0731. The third-order valence-corrected chi connectivity index (χ3v) is 9.11. The van der Waals surface area contributed by atoms with Crippen molar-refractivity contribution in [3.05, 3.63) is 17.0 Å². The quantitative estimate of drug-likeness (QED) is 0.367. The number of nitrogens with one attached hydrogen (secondary N) is 2. The van der Waals surface area contributed by atoms with Crippen LogP contribution in [0.2, 0.25) is 0 Å². The van der Waals surface area contributed by atoms with E-state index in [9.17, 15) is 8.42 Å². The van der Waals surface area contributed by atoms with Gasteiger partial charge in [0, 0.05) is 31.6 Å². The Morgan fingerprint density at radius 3 is 2.69 bits per heavy atom.